The second-order valence-electron chi connectivity index (χ2n) is 6.94. The Hall–Kier alpha value is -1.88. The molecule has 1 fully saturated rings. The van der Waals surface area contributed by atoms with Crippen molar-refractivity contribution in [2.75, 3.05) is 31.1 Å². The van der Waals surface area contributed by atoms with Crippen molar-refractivity contribution in [2.45, 2.75) is 33.6 Å². The van der Waals surface area contributed by atoms with Crippen molar-refractivity contribution in [3.8, 4) is 0 Å². The highest BCUT2D eigenvalue weighted by Crippen LogP contribution is 2.27. The van der Waals surface area contributed by atoms with Crippen molar-refractivity contribution < 1.29 is 4.79 Å². The van der Waals surface area contributed by atoms with E-state index in [1.807, 2.05) is 23.1 Å². The molecule has 3 rings (SSSR count). The topological polar surface area (TPSA) is 49.3 Å². The highest BCUT2D eigenvalue weighted by molar-refractivity contribution is 6.31. The first kappa shape index (κ1) is 17.9. The van der Waals surface area contributed by atoms with Gasteiger partial charge in [0.2, 0.25) is 5.91 Å². The molecule has 0 N–H and O–H groups in total. The first-order valence-corrected chi connectivity index (χ1v) is 9.34. The van der Waals surface area contributed by atoms with Crippen molar-refractivity contribution >= 4 is 34.2 Å². The van der Waals surface area contributed by atoms with Crippen LogP contribution in [0.3, 0.4) is 0 Å². The number of aromatic nitrogens is 2. The van der Waals surface area contributed by atoms with Gasteiger partial charge in [-0.25, -0.2) is 9.97 Å². The molecule has 0 radical (unpaired) electrons. The SMILES string of the molecule is CCc1nc(N2CCN(C(=O)CC(C)C)CC2)c2ccc(Cl)cc2n1. The smallest absolute Gasteiger partial charge is 0.222 e. The normalized spacial score (nSPS) is 15.2. The van der Waals surface area contributed by atoms with Gasteiger partial charge in [-0.3, -0.25) is 4.79 Å². The summed E-state index contributed by atoms with van der Waals surface area (Å²) in [5.74, 6) is 2.42. The zero-order valence-electron chi connectivity index (χ0n) is 15.1. The van der Waals surface area contributed by atoms with Crippen LogP contribution in [0.15, 0.2) is 18.2 Å². The fourth-order valence-electron chi connectivity index (χ4n) is 3.18. The molecule has 6 heteroatoms. The Morgan fingerprint density at radius 3 is 2.56 bits per heavy atom. The Morgan fingerprint density at radius 2 is 1.92 bits per heavy atom. The molecule has 0 unspecified atom stereocenters. The average Bonchev–Trinajstić information content (AvgIpc) is 2.60. The fourth-order valence-corrected chi connectivity index (χ4v) is 3.34. The summed E-state index contributed by atoms with van der Waals surface area (Å²) in [5.41, 5.74) is 0.882. The number of rotatable bonds is 4. The lowest BCUT2D eigenvalue weighted by Crippen LogP contribution is -2.49. The Balaban J connectivity index is 1.82. The van der Waals surface area contributed by atoms with Gasteiger partial charge in [-0.2, -0.15) is 0 Å². The van der Waals surface area contributed by atoms with Crippen LogP contribution in [0.4, 0.5) is 5.82 Å². The quantitative estimate of drug-likeness (QED) is 0.836. The van der Waals surface area contributed by atoms with Gasteiger partial charge in [0.15, 0.2) is 0 Å². The van der Waals surface area contributed by atoms with E-state index in [0.717, 1.165) is 55.1 Å². The lowest BCUT2D eigenvalue weighted by atomic mass is 10.1. The molecule has 0 saturated carbocycles. The highest BCUT2D eigenvalue weighted by atomic mass is 35.5. The molecule has 1 aromatic heterocycles. The molecule has 2 aromatic rings. The summed E-state index contributed by atoms with van der Waals surface area (Å²) in [5, 5.41) is 1.70. The number of carbonyl (C=O) groups is 1. The lowest BCUT2D eigenvalue weighted by molar-refractivity contribution is -0.132. The van der Waals surface area contributed by atoms with Crippen LogP contribution in [0.5, 0.6) is 0 Å². The van der Waals surface area contributed by atoms with Gasteiger partial charge < -0.3 is 9.80 Å². The molecular weight excluding hydrogens is 336 g/mol. The van der Waals surface area contributed by atoms with Crippen molar-refractivity contribution in [3.63, 3.8) is 0 Å². The first-order valence-electron chi connectivity index (χ1n) is 8.96. The molecule has 0 aliphatic carbocycles. The molecule has 1 aliphatic heterocycles. The molecule has 0 spiro atoms. The molecule has 2 heterocycles. The molecule has 0 bridgehead atoms. The maximum Gasteiger partial charge on any atom is 0.222 e. The van der Waals surface area contributed by atoms with E-state index in [0.29, 0.717) is 17.4 Å². The summed E-state index contributed by atoms with van der Waals surface area (Å²) in [4.78, 5) is 25.9. The standard InChI is InChI=1S/C19H25ClN4O/c1-4-17-21-16-12-14(20)5-6-15(16)19(22-17)24-9-7-23(8-10-24)18(25)11-13(2)3/h5-6,12-13H,4,7-11H2,1-3H3. The van der Waals surface area contributed by atoms with Crippen LogP contribution in [-0.2, 0) is 11.2 Å². The number of fused-ring (bicyclic) bond motifs is 1. The van der Waals surface area contributed by atoms with Gasteiger partial charge in [-0.05, 0) is 24.1 Å². The van der Waals surface area contributed by atoms with Crippen molar-refractivity contribution in [3.05, 3.63) is 29.0 Å². The minimum Gasteiger partial charge on any atom is -0.352 e. The summed E-state index contributed by atoms with van der Waals surface area (Å²) in [6.07, 6.45) is 1.40. The monoisotopic (exact) mass is 360 g/mol. The van der Waals surface area contributed by atoms with Crippen LogP contribution in [0.1, 0.15) is 33.0 Å². The van der Waals surface area contributed by atoms with Crippen LogP contribution in [0.25, 0.3) is 10.9 Å². The molecule has 1 amide bonds. The van der Waals surface area contributed by atoms with Crippen molar-refractivity contribution in [1.29, 1.82) is 0 Å². The molecule has 1 aliphatic rings. The molecular formula is C19H25ClN4O. The third kappa shape index (κ3) is 4.03. The lowest BCUT2D eigenvalue weighted by Gasteiger charge is -2.36. The average molecular weight is 361 g/mol. The minimum absolute atomic E-state index is 0.253. The second-order valence-corrected chi connectivity index (χ2v) is 7.38. The first-order chi connectivity index (χ1) is 12.0. The van der Waals surface area contributed by atoms with Gasteiger partial charge in [0.25, 0.3) is 0 Å². The molecule has 25 heavy (non-hydrogen) atoms. The van der Waals surface area contributed by atoms with Gasteiger partial charge in [0.1, 0.15) is 11.6 Å². The number of carbonyl (C=O) groups excluding carboxylic acids is 1. The fraction of sp³-hybridized carbons (Fsp3) is 0.526. The van der Waals surface area contributed by atoms with Gasteiger partial charge in [-0.15, -0.1) is 0 Å². The summed E-state index contributed by atoms with van der Waals surface area (Å²) < 4.78 is 0. The molecule has 1 aromatic carbocycles. The summed E-state index contributed by atoms with van der Waals surface area (Å²) in [6, 6.07) is 5.76. The summed E-state index contributed by atoms with van der Waals surface area (Å²) in [6.45, 7) is 9.29. The maximum atomic E-state index is 12.3. The van der Waals surface area contributed by atoms with Crippen molar-refractivity contribution in [2.24, 2.45) is 5.92 Å². The van der Waals surface area contributed by atoms with Gasteiger partial charge in [0, 0.05) is 49.4 Å². The number of piperazine rings is 1. The van der Waals surface area contributed by atoms with Crippen LogP contribution < -0.4 is 4.90 Å². The van der Waals surface area contributed by atoms with E-state index in [-0.39, 0.29) is 5.91 Å². The van der Waals surface area contributed by atoms with E-state index in [4.69, 9.17) is 16.6 Å². The largest absolute Gasteiger partial charge is 0.352 e. The van der Waals surface area contributed by atoms with Crippen LogP contribution >= 0.6 is 11.6 Å². The number of nitrogens with zero attached hydrogens (tertiary/aromatic N) is 4. The summed E-state index contributed by atoms with van der Waals surface area (Å²) >= 11 is 6.13. The van der Waals surface area contributed by atoms with Crippen molar-refractivity contribution in [1.82, 2.24) is 14.9 Å². The van der Waals surface area contributed by atoms with E-state index in [1.165, 1.54) is 0 Å². The number of anilines is 1. The highest BCUT2D eigenvalue weighted by Gasteiger charge is 2.24. The minimum atomic E-state index is 0.253. The van der Waals surface area contributed by atoms with Crippen LogP contribution in [-0.4, -0.2) is 47.0 Å². The Morgan fingerprint density at radius 1 is 1.20 bits per heavy atom. The number of hydrogen-bond acceptors (Lipinski definition) is 4. The van der Waals surface area contributed by atoms with E-state index in [9.17, 15) is 4.79 Å². The van der Waals surface area contributed by atoms with Gasteiger partial charge >= 0.3 is 0 Å². The van der Waals surface area contributed by atoms with E-state index >= 15 is 0 Å². The van der Waals surface area contributed by atoms with Crippen LogP contribution in [0.2, 0.25) is 5.02 Å². The predicted molar refractivity (Wildman–Crippen MR) is 102 cm³/mol. The number of aryl methyl sites for hydroxylation is 1. The van der Waals surface area contributed by atoms with Gasteiger partial charge in [0.05, 0.1) is 5.52 Å². The zero-order chi connectivity index (χ0) is 18.0. The van der Waals surface area contributed by atoms with E-state index < -0.39 is 0 Å². The number of hydrogen-bond donors (Lipinski definition) is 0. The molecule has 5 nitrogen and oxygen atoms in total. The Kier molecular flexibility index (Phi) is 5.42. The molecule has 0 atom stereocenters. The Bertz CT molecular complexity index is 769. The summed E-state index contributed by atoms with van der Waals surface area (Å²) in [7, 11) is 0. The maximum absolute atomic E-state index is 12.3. The predicted octanol–water partition coefficient (Wildman–Crippen LogP) is 3.54. The van der Waals surface area contributed by atoms with Crippen LogP contribution in [0, 0.1) is 5.92 Å². The third-order valence-electron chi connectivity index (χ3n) is 4.52. The number of benzene rings is 1. The molecule has 1 saturated heterocycles. The Labute approximate surface area is 154 Å². The van der Waals surface area contributed by atoms with Gasteiger partial charge in [-0.1, -0.05) is 32.4 Å². The zero-order valence-corrected chi connectivity index (χ0v) is 15.9. The van der Waals surface area contributed by atoms with E-state index in [2.05, 4.69) is 30.7 Å². The number of halogens is 1. The van der Waals surface area contributed by atoms with E-state index in [1.54, 1.807) is 0 Å². The second kappa shape index (κ2) is 7.56. The number of amides is 1. The third-order valence-corrected chi connectivity index (χ3v) is 4.75. The molecule has 134 valence electrons.